The molecule has 1 saturated carbocycles. The summed E-state index contributed by atoms with van der Waals surface area (Å²) in [4.78, 5) is 11.7. The number of rotatable bonds is 5. The number of alkyl halides is 3. The van der Waals surface area contributed by atoms with E-state index in [1.54, 1.807) is 13.8 Å². The van der Waals surface area contributed by atoms with Gasteiger partial charge in [-0.2, -0.15) is 13.2 Å². The SMILES string of the molecule is CC(C)[C@@H](CO)NC(=O)N[C@H](C1CCCC1)C(F)(F)F. The summed E-state index contributed by atoms with van der Waals surface area (Å²) < 4.78 is 39.1. The van der Waals surface area contributed by atoms with Crippen LogP contribution in [0, 0.1) is 11.8 Å². The first-order chi connectivity index (χ1) is 9.25. The van der Waals surface area contributed by atoms with Crippen molar-refractivity contribution in [3.63, 3.8) is 0 Å². The Hall–Kier alpha value is -0.980. The van der Waals surface area contributed by atoms with E-state index < -0.39 is 30.2 Å². The monoisotopic (exact) mass is 296 g/mol. The summed E-state index contributed by atoms with van der Waals surface area (Å²) in [5.41, 5.74) is 0. The lowest BCUT2D eigenvalue weighted by Gasteiger charge is -2.28. The van der Waals surface area contributed by atoms with Gasteiger partial charge in [-0.25, -0.2) is 4.79 Å². The minimum atomic E-state index is -4.45. The Morgan fingerprint density at radius 1 is 1.25 bits per heavy atom. The predicted octanol–water partition coefficient (Wildman–Crippen LogP) is 2.42. The molecule has 0 saturated heterocycles. The maximum absolute atomic E-state index is 13.0. The van der Waals surface area contributed by atoms with E-state index in [9.17, 15) is 18.0 Å². The second-order valence-electron chi connectivity index (χ2n) is 5.71. The number of amides is 2. The average Bonchev–Trinajstić information content (AvgIpc) is 2.84. The molecule has 3 N–H and O–H groups in total. The summed E-state index contributed by atoms with van der Waals surface area (Å²) in [6.45, 7) is 3.25. The van der Waals surface area contributed by atoms with Crippen LogP contribution in [0.25, 0.3) is 0 Å². The molecule has 7 heteroatoms. The van der Waals surface area contributed by atoms with Crippen LogP contribution in [-0.2, 0) is 0 Å². The fraction of sp³-hybridized carbons (Fsp3) is 0.923. The van der Waals surface area contributed by atoms with Crippen LogP contribution >= 0.6 is 0 Å². The van der Waals surface area contributed by atoms with Crippen molar-refractivity contribution in [1.82, 2.24) is 10.6 Å². The first-order valence-corrected chi connectivity index (χ1v) is 7.00. The van der Waals surface area contributed by atoms with Crippen molar-refractivity contribution < 1.29 is 23.1 Å². The average molecular weight is 296 g/mol. The topological polar surface area (TPSA) is 61.4 Å². The number of nitrogens with one attached hydrogen (secondary N) is 2. The molecular formula is C13H23F3N2O2. The maximum atomic E-state index is 13.0. The zero-order valence-corrected chi connectivity index (χ0v) is 11.8. The summed E-state index contributed by atoms with van der Waals surface area (Å²) in [7, 11) is 0. The van der Waals surface area contributed by atoms with Crippen molar-refractivity contribution in [3.8, 4) is 0 Å². The second-order valence-corrected chi connectivity index (χ2v) is 5.71. The first-order valence-electron chi connectivity index (χ1n) is 7.00. The highest BCUT2D eigenvalue weighted by Gasteiger charge is 2.46. The van der Waals surface area contributed by atoms with Crippen molar-refractivity contribution in [2.45, 2.75) is 57.8 Å². The third-order valence-electron chi connectivity index (χ3n) is 3.83. The smallest absolute Gasteiger partial charge is 0.394 e. The first kappa shape index (κ1) is 17.1. The highest BCUT2D eigenvalue weighted by atomic mass is 19.4. The summed E-state index contributed by atoms with van der Waals surface area (Å²) in [5, 5.41) is 13.5. The van der Waals surface area contributed by atoms with Gasteiger partial charge in [-0.15, -0.1) is 0 Å². The highest BCUT2D eigenvalue weighted by Crippen LogP contribution is 2.35. The number of aliphatic hydroxyl groups excluding tert-OH is 1. The van der Waals surface area contributed by atoms with Crippen LogP contribution in [0.15, 0.2) is 0 Å². The molecule has 20 heavy (non-hydrogen) atoms. The Labute approximate surface area is 117 Å². The molecule has 0 radical (unpaired) electrons. The Bertz CT molecular complexity index is 315. The zero-order chi connectivity index (χ0) is 15.3. The van der Waals surface area contributed by atoms with Gasteiger partial charge in [-0.3, -0.25) is 0 Å². The molecule has 1 aliphatic rings. The molecule has 2 amide bonds. The molecule has 0 aromatic rings. The van der Waals surface area contributed by atoms with Crippen LogP contribution in [0.2, 0.25) is 0 Å². The van der Waals surface area contributed by atoms with Gasteiger partial charge in [-0.1, -0.05) is 26.7 Å². The van der Waals surface area contributed by atoms with E-state index >= 15 is 0 Å². The van der Waals surface area contributed by atoms with E-state index in [4.69, 9.17) is 5.11 Å². The molecule has 1 rings (SSSR count). The van der Waals surface area contributed by atoms with Crippen LogP contribution in [0.1, 0.15) is 39.5 Å². The van der Waals surface area contributed by atoms with Crippen LogP contribution in [-0.4, -0.2) is 36.0 Å². The number of carbonyl (C=O) groups is 1. The predicted molar refractivity (Wildman–Crippen MR) is 69.2 cm³/mol. The largest absolute Gasteiger partial charge is 0.408 e. The van der Waals surface area contributed by atoms with Crippen LogP contribution in [0.5, 0.6) is 0 Å². The fourth-order valence-corrected chi connectivity index (χ4v) is 2.53. The molecule has 0 aliphatic heterocycles. The minimum Gasteiger partial charge on any atom is -0.394 e. The Kier molecular flexibility index (Phi) is 6.10. The molecule has 0 heterocycles. The van der Waals surface area contributed by atoms with E-state index in [1.807, 2.05) is 5.32 Å². The van der Waals surface area contributed by atoms with E-state index in [-0.39, 0.29) is 12.5 Å². The molecule has 2 atom stereocenters. The Morgan fingerprint density at radius 3 is 2.20 bits per heavy atom. The summed E-state index contributed by atoms with van der Waals surface area (Å²) in [5.74, 6) is -0.603. The molecule has 0 unspecified atom stereocenters. The number of aliphatic hydroxyl groups is 1. The molecule has 4 nitrogen and oxygen atoms in total. The molecule has 1 aliphatic carbocycles. The van der Waals surface area contributed by atoms with Crippen molar-refractivity contribution in [1.29, 1.82) is 0 Å². The minimum absolute atomic E-state index is 0.0541. The van der Waals surface area contributed by atoms with Crippen molar-refractivity contribution >= 4 is 6.03 Å². The lowest BCUT2D eigenvalue weighted by molar-refractivity contribution is -0.164. The molecule has 0 aromatic heterocycles. The third-order valence-corrected chi connectivity index (χ3v) is 3.83. The van der Waals surface area contributed by atoms with Gasteiger partial charge >= 0.3 is 12.2 Å². The molecule has 1 fully saturated rings. The van der Waals surface area contributed by atoms with Gasteiger partial charge in [0.05, 0.1) is 12.6 Å². The molecular weight excluding hydrogens is 273 g/mol. The third kappa shape index (κ3) is 4.85. The Balaban J connectivity index is 2.62. The van der Waals surface area contributed by atoms with Crippen molar-refractivity contribution in [3.05, 3.63) is 0 Å². The zero-order valence-electron chi connectivity index (χ0n) is 11.8. The lowest BCUT2D eigenvalue weighted by Crippen LogP contribution is -2.55. The molecule has 0 aromatic carbocycles. The van der Waals surface area contributed by atoms with Gasteiger partial charge in [0.15, 0.2) is 0 Å². The summed E-state index contributed by atoms with van der Waals surface area (Å²) >= 11 is 0. The van der Waals surface area contributed by atoms with Gasteiger partial charge in [0, 0.05) is 0 Å². The van der Waals surface area contributed by atoms with Gasteiger partial charge in [0.1, 0.15) is 6.04 Å². The second kappa shape index (κ2) is 7.15. The summed E-state index contributed by atoms with van der Waals surface area (Å²) in [6.07, 6.45) is -1.94. The number of urea groups is 1. The van der Waals surface area contributed by atoms with Gasteiger partial charge in [0.25, 0.3) is 0 Å². The van der Waals surface area contributed by atoms with Gasteiger partial charge in [-0.05, 0) is 24.7 Å². The Morgan fingerprint density at radius 2 is 1.80 bits per heavy atom. The molecule has 118 valence electrons. The quantitative estimate of drug-likeness (QED) is 0.729. The maximum Gasteiger partial charge on any atom is 0.408 e. The van der Waals surface area contributed by atoms with E-state index in [0.29, 0.717) is 12.8 Å². The number of halogens is 3. The van der Waals surface area contributed by atoms with Crippen LogP contribution in [0.3, 0.4) is 0 Å². The van der Waals surface area contributed by atoms with E-state index in [0.717, 1.165) is 12.8 Å². The standard InChI is InChI=1S/C13H23F3N2O2/c1-8(2)10(7-19)17-12(20)18-11(13(14,15)16)9-5-3-4-6-9/h8-11,19H,3-7H2,1-2H3,(H2,17,18,20)/t10-,11-/m1/s1. The van der Waals surface area contributed by atoms with Crippen LogP contribution < -0.4 is 10.6 Å². The normalized spacial score (nSPS) is 19.9. The number of carbonyl (C=O) groups excluding carboxylic acids is 1. The molecule has 0 spiro atoms. The highest BCUT2D eigenvalue weighted by molar-refractivity contribution is 5.74. The van der Waals surface area contributed by atoms with Gasteiger partial charge < -0.3 is 15.7 Å². The molecule has 0 bridgehead atoms. The van der Waals surface area contributed by atoms with Crippen molar-refractivity contribution in [2.75, 3.05) is 6.61 Å². The fourth-order valence-electron chi connectivity index (χ4n) is 2.53. The van der Waals surface area contributed by atoms with Crippen molar-refractivity contribution in [2.24, 2.45) is 11.8 Å². The summed E-state index contributed by atoms with van der Waals surface area (Å²) in [6, 6.07) is -3.23. The van der Waals surface area contributed by atoms with Gasteiger partial charge in [0.2, 0.25) is 0 Å². The van der Waals surface area contributed by atoms with E-state index in [1.165, 1.54) is 0 Å². The van der Waals surface area contributed by atoms with Crippen LogP contribution in [0.4, 0.5) is 18.0 Å². The number of hydrogen-bond acceptors (Lipinski definition) is 2. The van der Waals surface area contributed by atoms with E-state index in [2.05, 4.69) is 5.32 Å². The number of hydrogen-bond donors (Lipinski definition) is 3. The lowest BCUT2D eigenvalue weighted by atomic mass is 9.97.